The lowest BCUT2D eigenvalue weighted by molar-refractivity contribution is 0.113. The largest absolute Gasteiger partial charge is 0.287 e. The van der Waals surface area contributed by atoms with Crippen molar-refractivity contribution < 1.29 is 0 Å². The van der Waals surface area contributed by atoms with Crippen LogP contribution < -0.4 is 0 Å². The summed E-state index contributed by atoms with van der Waals surface area (Å²) in [6, 6.07) is 1.35. The highest BCUT2D eigenvalue weighted by atomic mass is 15.4. The number of nitrogens with zero attached hydrogens (tertiary/aromatic N) is 2. The standard InChI is InChI=1S/C12H26N2/c1-9-10(2)14(7)11(13(9)6)8-12(3,4)5/h9-11H,8H2,1-7H3. The van der Waals surface area contributed by atoms with Crippen LogP contribution in [0.4, 0.5) is 0 Å². The van der Waals surface area contributed by atoms with Crippen LogP contribution in [0.1, 0.15) is 41.0 Å². The van der Waals surface area contributed by atoms with Gasteiger partial charge in [0.25, 0.3) is 0 Å². The SMILES string of the molecule is CC1C(C)N(C)C(CC(C)(C)C)N1C. The lowest BCUT2D eigenvalue weighted by Crippen LogP contribution is -2.39. The Morgan fingerprint density at radius 2 is 1.29 bits per heavy atom. The molecule has 0 aromatic heterocycles. The van der Waals surface area contributed by atoms with Crippen LogP contribution in [-0.2, 0) is 0 Å². The maximum atomic E-state index is 2.51. The van der Waals surface area contributed by atoms with Crippen LogP contribution in [-0.4, -0.2) is 42.1 Å². The van der Waals surface area contributed by atoms with E-state index in [1.807, 2.05) is 0 Å². The van der Waals surface area contributed by atoms with Gasteiger partial charge in [0.1, 0.15) is 0 Å². The van der Waals surface area contributed by atoms with E-state index >= 15 is 0 Å². The molecule has 2 heteroatoms. The molecule has 0 bridgehead atoms. The maximum absolute atomic E-state index is 2.51. The van der Waals surface area contributed by atoms with Crippen LogP contribution in [0.2, 0.25) is 0 Å². The number of likely N-dealkylation sites (N-methyl/N-ethyl adjacent to an activating group) is 2. The minimum absolute atomic E-state index is 0.414. The van der Waals surface area contributed by atoms with Crippen LogP contribution >= 0.6 is 0 Å². The Morgan fingerprint density at radius 3 is 1.57 bits per heavy atom. The van der Waals surface area contributed by atoms with Crippen molar-refractivity contribution in [2.45, 2.75) is 59.3 Å². The molecule has 1 saturated heterocycles. The molecule has 2 nitrogen and oxygen atoms in total. The lowest BCUT2D eigenvalue weighted by atomic mass is 9.90. The second-order valence-electron chi connectivity index (χ2n) is 6.06. The average Bonchev–Trinajstić information content (AvgIpc) is 2.20. The Bertz CT molecular complexity index is 181. The molecule has 0 saturated carbocycles. The van der Waals surface area contributed by atoms with Gasteiger partial charge >= 0.3 is 0 Å². The first-order chi connectivity index (χ1) is 6.24. The van der Waals surface area contributed by atoms with Gasteiger partial charge in [-0.1, -0.05) is 20.8 Å². The fraction of sp³-hybridized carbons (Fsp3) is 1.00. The van der Waals surface area contributed by atoms with E-state index in [4.69, 9.17) is 0 Å². The Balaban J connectivity index is 2.70. The fourth-order valence-electron chi connectivity index (χ4n) is 2.35. The predicted octanol–water partition coefficient (Wildman–Crippen LogP) is 2.40. The van der Waals surface area contributed by atoms with Crippen LogP contribution in [0.15, 0.2) is 0 Å². The number of rotatable bonds is 1. The zero-order valence-corrected chi connectivity index (χ0v) is 10.8. The molecule has 0 aromatic rings. The number of hydrogen-bond donors (Lipinski definition) is 0. The van der Waals surface area contributed by atoms with Gasteiger partial charge in [0.2, 0.25) is 0 Å². The van der Waals surface area contributed by atoms with Crippen molar-refractivity contribution in [2.24, 2.45) is 5.41 Å². The highest BCUT2D eigenvalue weighted by Gasteiger charge is 2.39. The van der Waals surface area contributed by atoms with Gasteiger partial charge < -0.3 is 0 Å². The van der Waals surface area contributed by atoms with Gasteiger partial charge in [-0.3, -0.25) is 9.80 Å². The van der Waals surface area contributed by atoms with Crippen LogP contribution in [0.5, 0.6) is 0 Å². The van der Waals surface area contributed by atoms with E-state index in [0.29, 0.717) is 23.7 Å². The third kappa shape index (κ3) is 2.29. The van der Waals surface area contributed by atoms with Crippen LogP contribution in [0.3, 0.4) is 0 Å². The molecule has 2 atom stereocenters. The smallest absolute Gasteiger partial charge is 0.0628 e. The summed E-state index contributed by atoms with van der Waals surface area (Å²) in [7, 11) is 4.50. The van der Waals surface area contributed by atoms with Crippen molar-refractivity contribution in [1.29, 1.82) is 0 Å². The number of hydrogen-bond acceptors (Lipinski definition) is 2. The summed E-state index contributed by atoms with van der Waals surface area (Å²) >= 11 is 0. The van der Waals surface area contributed by atoms with E-state index in [1.165, 1.54) is 6.42 Å². The summed E-state index contributed by atoms with van der Waals surface area (Å²) < 4.78 is 0. The maximum Gasteiger partial charge on any atom is 0.0628 e. The summed E-state index contributed by atoms with van der Waals surface area (Å²) in [5, 5.41) is 0. The van der Waals surface area contributed by atoms with Gasteiger partial charge in [0.05, 0.1) is 6.17 Å². The van der Waals surface area contributed by atoms with Crippen molar-refractivity contribution >= 4 is 0 Å². The normalized spacial score (nSPS) is 36.6. The van der Waals surface area contributed by atoms with Crippen LogP contribution in [0, 0.1) is 5.41 Å². The molecule has 2 unspecified atom stereocenters. The van der Waals surface area contributed by atoms with E-state index in [0.717, 1.165) is 0 Å². The van der Waals surface area contributed by atoms with Gasteiger partial charge in [0.15, 0.2) is 0 Å². The monoisotopic (exact) mass is 198 g/mol. The van der Waals surface area contributed by atoms with E-state index in [1.54, 1.807) is 0 Å². The first-order valence-electron chi connectivity index (χ1n) is 5.68. The summed E-state index contributed by atoms with van der Waals surface area (Å²) in [6.07, 6.45) is 1.86. The third-order valence-corrected chi connectivity index (χ3v) is 3.72. The molecule has 1 heterocycles. The molecule has 0 aliphatic carbocycles. The Hall–Kier alpha value is -0.0800. The van der Waals surface area contributed by atoms with Crippen molar-refractivity contribution in [3.63, 3.8) is 0 Å². The highest BCUT2D eigenvalue weighted by molar-refractivity contribution is 4.92. The minimum atomic E-state index is 0.414. The zero-order chi connectivity index (χ0) is 11.1. The molecule has 1 fully saturated rings. The first kappa shape index (κ1) is 12.0. The van der Waals surface area contributed by atoms with Crippen LogP contribution in [0.25, 0.3) is 0 Å². The van der Waals surface area contributed by atoms with Gasteiger partial charge in [-0.15, -0.1) is 0 Å². The Morgan fingerprint density at radius 1 is 0.929 bits per heavy atom. The Labute approximate surface area is 89.3 Å². The molecular weight excluding hydrogens is 172 g/mol. The molecule has 1 rings (SSSR count). The minimum Gasteiger partial charge on any atom is -0.287 e. The average molecular weight is 198 g/mol. The molecule has 0 aromatic carbocycles. The zero-order valence-electron chi connectivity index (χ0n) is 10.8. The Kier molecular flexibility index (Phi) is 3.27. The first-order valence-corrected chi connectivity index (χ1v) is 5.68. The predicted molar refractivity (Wildman–Crippen MR) is 62.3 cm³/mol. The fourth-order valence-corrected chi connectivity index (χ4v) is 2.35. The van der Waals surface area contributed by atoms with Crippen molar-refractivity contribution in [1.82, 2.24) is 9.80 Å². The molecule has 1 aliphatic rings. The van der Waals surface area contributed by atoms with Gasteiger partial charge in [-0.05, 0) is 39.8 Å². The quantitative estimate of drug-likeness (QED) is 0.638. The molecule has 14 heavy (non-hydrogen) atoms. The highest BCUT2D eigenvalue weighted by Crippen LogP contribution is 2.31. The van der Waals surface area contributed by atoms with E-state index < -0.39 is 0 Å². The molecule has 84 valence electrons. The third-order valence-electron chi connectivity index (χ3n) is 3.72. The lowest BCUT2D eigenvalue weighted by Gasteiger charge is -2.32. The van der Waals surface area contributed by atoms with Crippen molar-refractivity contribution in [3.05, 3.63) is 0 Å². The van der Waals surface area contributed by atoms with Crippen molar-refractivity contribution in [3.8, 4) is 0 Å². The molecular formula is C12H26N2. The van der Waals surface area contributed by atoms with Gasteiger partial charge in [-0.2, -0.15) is 0 Å². The second-order valence-corrected chi connectivity index (χ2v) is 6.06. The molecule has 0 N–H and O–H groups in total. The summed E-state index contributed by atoms with van der Waals surface area (Å²) in [4.78, 5) is 5.02. The topological polar surface area (TPSA) is 6.48 Å². The van der Waals surface area contributed by atoms with E-state index in [9.17, 15) is 0 Å². The summed E-state index contributed by atoms with van der Waals surface area (Å²) in [6.45, 7) is 11.6. The van der Waals surface area contributed by atoms with E-state index in [-0.39, 0.29) is 0 Å². The van der Waals surface area contributed by atoms with Gasteiger partial charge in [0, 0.05) is 12.1 Å². The molecule has 0 amide bonds. The second kappa shape index (κ2) is 3.82. The van der Waals surface area contributed by atoms with E-state index in [2.05, 4.69) is 58.5 Å². The van der Waals surface area contributed by atoms with Crippen molar-refractivity contribution in [2.75, 3.05) is 14.1 Å². The molecule has 0 spiro atoms. The summed E-state index contributed by atoms with van der Waals surface area (Å²) in [5.41, 5.74) is 0.414. The molecule has 0 radical (unpaired) electrons. The van der Waals surface area contributed by atoms with Gasteiger partial charge in [-0.25, -0.2) is 0 Å². The molecule has 1 aliphatic heterocycles. The summed E-state index contributed by atoms with van der Waals surface area (Å²) in [5.74, 6) is 0.